The fraction of sp³-hybridized carbons (Fsp3) is 0.312. The molecule has 1 aromatic heterocycles. The van der Waals surface area contributed by atoms with E-state index in [2.05, 4.69) is 34.6 Å². The molecular formula is C16H17ClN2. The summed E-state index contributed by atoms with van der Waals surface area (Å²) in [7, 11) is 0. The van der Waals surface area contributed by atoms with Crippen LogP contribution in [0.1, 0.15) is 29.5 Å². The average molecular weight is 273 g/mol. The maximum atomic E-state index is 6.34. The first-order chi connectivity index (χ1) is 9.31. The third-order valence-electron chi connectivity index (χ3n) is 3.41. The summed E-state index contributed by atoms with van der Waals surface area (Å²) < 4.78 is 0. The molecule has 0 atom stereocenters. The first kappa shape index (κ1) is 12.6. The molecule has 0 amide bonds. The van der Waals surface area contributed by atoms with Gasteiger partial charge >= 0.3 is 0 Å². The molecule has 1 saturated carbocycles. The summed E-state index contributed by atoms with van der Waals surface area (Å²) >= 11 is 6.34. The van der Waals surface area contributed by atoms with Crippen molar-refractivity contribution in [3.8, 4) is 0 Å². The Morgan fingerprint density at radius 3 is 2.79 bits per heavy atom. The average Bonchev–Trinajstić information content (AvgIpc) is 3.23. The molecule has 0 bridgehead atoms. The van der Waals surface area contributed by atoms with Gasteiger partial charge in [-0.2, -0.15) is 0 Å². The van der Waals surface area contributed by atoms with Crippen molar-refractivity contribution >= 4 is 11.6 Å². The van der Waals surface area contributed by atoms with E-state index < -0.39 is 0 Å². The number of aromatic nitrogens is 1. The lowest BCUT2D eigenvalue weighted by Gasteiger charge is -2.08. The zero-order chi connectivity index (χ0) is 13.1. The summed E-state index contributed by atoms with van der Waals surface area (Å²) in [5, 5.41) is 4.34. The highest BCUT2D eigenvalue weighted by Crippen LogP contribution is 2.23. The third-order valence-corrected chi connectivity index (χ3v) is 3.76. The van der Waals surface area contributed by atoms with Crippen molar-refractivity contribution in [2.24, 2.45) is 0 Å². The Hall–Kier alpha value is -1.38. The van der Waals surface area contributed by atoms with Crippen LogP contribution in [-0.2, 0) is 13.0 Å². The van der Waals surface area contributed by atoms with Gasteiger partial charge in [-0.3, -0.25) is 4.98 Å². The maximum Gasteiger partial charge on any atom is 0.0453 e. The van der Waals surface area contributed by atoms with Gasteiger partial charge in [-0.05, 0) is 48.1 Å². The summed E-state index contributed by atoms with van der Waals surface area (Å²) in [4.78, 5) is 4.13. The Kier molecular flexibility index (Phi) is 3.81. The zero-order valence-corrected chi connectivity index (χ0v) is 11.5. The lowest BCUT2D eigenvalue weighted by Crippen LogP contribution is -2.15. The van der Waals surface area contributed by atoms with Gasteiger partial charge in [0.25, 0.3) is 0 Å². The van der Waals surface area contributed by atoms with Crippen molar-refractivity contribution in [1.82, 2.24) is 10.3 Å². The van der Waals surface area contributed by atoms with Gasteiger partial charge in [0, 0.05) is 30.0 Å². The smallest absolute Gasteiger partial charge is 0.0453 e. The molecule has 2 nitrogen and oxygen atoms in total. The highest BCUT2D eigenvalue weighted by atomic mass is 35.5. The summed E-state index contributed by atoms with van der Waals surface area (Å²) in [6.07, 6.45) is 7.18. The molecule has 1 N–H and O–H groups in total. The van der Waals surface area contributed by atoms with Crippen molar-refractivity contribution in [2.75, 3.05) is 0 Å². The quantitative estimate of drug-likeness (QED) is 0.900. The van der Waals surface area contributed by atoms with Crippen LogP contribution in [0.5, 0.6) is 0 Å². The molecule has 3 heteroatoms. The van der Waals surface area contributed by atoms with E-state index in [1.165, 1.54) is 29.5 Å². The SMILES string of the molecule is Clc1cc(Cc2cccnc2)ccc1CNC1CC1. The molecular weight excluding hydrogens is 256 g/mol. The monoisotopic (exact) mass is 272 g/mol. The zero-order valence-electron chi connectivity index (χ0n) is 10.8. The van der Waals surface area contributed by atoms with Crippen LogP contribution in [0.2, 0.25) is 5.02 Å². The number of nitrogens with zero attached hydrogens (tertiary/aromatic N) is 1. The summed E-state index contributed by atoms with van der Waals surface area (Å²) in [6, 6.07) is 11.1. The van der Waals surface area contributed by atoms with Crippen LogP contribution < -0.4 is 5.32 Å². The van der Waals surface area contributed by atoms with E-state index in [0.29, 0.717) is 6.04 Å². The largest absolute Gasteiger partial charge is 0.310 e. The second kappa shape index (κ2) is 5.72. The van der Waals surface area contributed by atoms with Gasteiger partial charge in [0.1, 0.15) is 0 Å². The van der Waals surface area contributed by atoms with Gasteiger partial charge < -0.3 is 5.32 Å². The number of benzene rings is 1. The second-order valence-electron chi connectivity index (χ2n) is 5.12. The second-order valence-corrected chi connectivity index (χ2v) is 5.53. The topological polar surface area (TPSA) is 24.9 Å². The molecule has 0 aliphatic heterocycles. The molecule has 0 radical (unpaired) electrons. The van der Waals surface area contributed by atoms with Gasteiger partial charge in [0.15, 0.2) is 0 Å². The first-order valence-electron chi connectivity index (χ1n) is 6.71. The van der Waals surface area contributed by atoms with E-state index in [-0.39, 0.29) is 0 Å². The molecule has 1 heterocycles. The number of hydrogen-bond donors (Lipinski definition) is 1. The number of hydrogen-bond acceptors (Lipinski definition) is 2. The van der Waals surface area contributed by atoms with E-state index in [1.54, 1.807) is 6.20 Å². The fourth-order valence-corrected chi connectivity index (χ4v) is 2.39. The minimum atomic E-state index is 0.714. The summed E-state index contributed by atoms with van der Waals surface area (Å²) in [5.41, 5.74) is 3.62. The van der Waals surface area contributed by atoms with Crippen LogP contribution in [0.4, 0.5) is 0 Å². The third kappa shape index (κ3) is 3.55. The van der Waals surface area contributed by atoms with Crippen molar-refractivity contribution in [3.05, 3.63) is 64.4 Å². The molecule has 0 spiro atoms. The molecule has 1 aliphatic rings. The molecule has 1 fully saturated rings. The predicted octanol–water partition coefficient (Wildman–Crippen LogP) is 3.58. The van der Waals surface area contributed by atoms with Gasteiger partial charge in [0.05, 0.1) is 0 Å². The van der Waals surface area contributed by atoms with Crippen molar-refractivity contribution in [1.29, 1.82) is 0 Å². The Bertz CT molecular complexity index is 550. The van der Waals surface area contributed by atoms with Crippen LogP contribution in [0.3, 0.4) is 0 Å². The summed E-state index contributed by atoms with van der Waals surface area (Å²) in [5.74, 6) is 0. The molecule has 2 aromatic rings. The highest BCUT2D eigenvalue weighted by molar-refractivity contribution is 6.31. The standard InChI is InChI=1S/C16H17ClN2/c17-16-9-12(8-13-2-1-7-18-10-13)3-4-14(16)11-19-15-5-6-15/h1-4,7,9-10,15,19H,5-6,8,11H2. The van der Waals surface area contributed by atoms with Crippen molar-refractivity contribution < 1.29 is 0 Å². The Morgan fingerprint density at radius 2 is 2.11 bits per heavy atom. The number of nitrogens with one attached hydrogen (secondary N) is 1. The van der Waals surface area contributed by atoms with Crippen LogP contribution >= 0.6 is 11.6 Å². The molecule has 1 aliphatic carbocycles. The van der Waals surface area contributed by atoms with Crippen LogP contribution in [0.15, 0.2) is 42.7 Å². The van der Waals surface area contributed by atoms with Crippen molar-refractivity contribution in [3.63, 3.8) is 0 Å². The molecule has 98 valence electrons. The number of pyridine rings is 1. The van der Waals surface area contributed by atoms with Gasteiger partial charge in [-0.1, -0.05) is 29.8 Å². The molecule has 3 rings (SSSR count). The van der Waals surface area contributed by atoms with Gasteiger partial charge in [-0.15, -0.1) is 0 Å². The van der Waals surface area contributed by atoms with Crippen LogP contribution in [0, 0.1) is 0 Å². The molecule has 0 unspecified atom stereocenters. The van der Waals surface area contributed by atoms with Crippen molar-refractivity contribution in [2.45, 2.75) is 31.8 Å². The van der Waals surface area contributed by atoms with E-state index in [1.807, 2.05) is 12.3 Å². The maximum absolute atomic E-state index is 6.34. The first-order valence-corrected chi connectivity index (χ1v) is 7.08. The highest BCUT2D eigenvalue weighted by Gasteiger charge is 2.20. The van der Waals surface area contributed by atoms with E-state index >= 15 is 0 Å². The van der Waals surface area contributed by atoms with E-state index in [4.69, 9.17) is 11.6 Å². The van der Waals surface area contributed by atoms with Gasteiger partial charge in [0.2, 0.25) is 0 Å². The fourth-order valence-electron chi connectivity index (χ4n) is 2.12. The molecule has 19 heavy (non-hydrogen) atoms. The number of halogens is 1. The molecule has 1 aromatic carbocycles. The number of rotatable bonds is 5. The summed E-state index contributed by atoms with van der Waals surface area (Å²) in [6.45, 7) is 0.872. The van der Waals surface area contributed by atoms with E-state index in [0.717, 1.165) is 18.0 Å². The van der Waals surface area contributed by atoms with Crippen LogP contribution in [-0.4, -0.2) is 11.0 Å². The Labute approximate surface area is 118 Å². The minimum Gasteiger partial charge on any atom is -0.310 e. The predicted molar refractivity (Wildman–Crippen MR) is 78.4 cm³/mol. The lowest BCUT2D eigenvalue weighted by atomic mass is 10.0. The minimum absolute atomic E-state index is 0.714. The normalized spacial score (nSPS) is 14.6. The Morgan fingerprint density at radius 1 is 1.21 bits per heavy atom. The van der Waals surface area contributed by atoms with E-state index in [9.17, 15) is 0 Å². The Balaban J connectivity index is 1.67. The van der Waals surface area contributed by atoms with Gasteiger partial charge in [-0.25, -0.2) is 0 Å². The van der Waals surface area contributed by atoms with Crippen LogP contribution in [0.25, 0.3) is 0 Å². The molecule has 0 saturated heterocycles. The lowest BCUT2D eigenvalue weighted by molar-refractivity contribution is 0.688.